The van der Waals surface area contributed by atoms with E-state index >= 15 is 0 Å². The van der Waals surface area contributed by atoms with Crippen molar-refractivity contribution < 1.29 is 32.6 Å². The lowest BCUT2D eigenvalue weighted by Crippen LogP contribution is -2.52. The number of hydrogen-bond donors (Lipinski definition) is 1. The van der Waals surface area contributed by atoms with Gasteiger partial charge in [0.05, 0.1) is 18.2 Å². The van der Waals surface area contributed by atoms with Crippen molar-refractivity contribution in [2.75, 3.05) is 13.1 Å². The molecule has 21 heavy (non-hydrogen) atoms. The number of carboxylic acids is 1. The minimum Gasteiger partial charge on any atom is -0.479 e. The maximum absolute atomic E-state index is 12.8. The van der Waals surface area contributed by atoms with E-state index in [4.69, 9.17) is 9.84 Å². The van der Waals surface area contributed by atoms with E-state index in [1.807, 2.05) is 0 Å². The smallest absolute Gasteiger partial charge is 0.427 e. The van der Waals surface area contributed by atoms with Gasteiger partial charge in [0.1, 0.15) is 4.88 Å². The number of thiazole rings is 1. The third-order valence-electron chi connectivity index (χ3n) is 2.85. The second-order valence-electron chi connectivity index (χ2n) is 4.51. The molecule has 1 aliphatic rings. The van der Waals surface area contributed by atoms with Crippen LogP contribution in [-0.2, 0) is 15.7 Å². The highest BCUT2D eigenvalue weighted by atomic mass is 32.1. The Hall–Kier alpha value is -1.68. The molecule has 1 aromatic rings. The number of rotatable bonds is 2. The van der Waals surface area contributed by atoms with Crippen LogP contribution in [0.5, 0.6) is 0 Å². The molecule has 1 aromatic heterocycles. The lowest BCUT2D eigenvalue weighted by molar-refractivity contribution is -0.160. The van der Waals surface area contributed by atoms with Crippen molar-refractivity contribution in [2.45, 2.75) is 25.3 Å². The summed E-state index contributed by atoms with van der Waals surface area (Å²) in [5, 5.41) is 8.91. The molecule has 0 bridgehead atoms. The molecule has 1 amide bonds. The molecule has 116 valence electrons. The zero-order valence-electron chi connectivity index (χ0n) is 10.8. The number of carboxylic acid groups (broad SMARTS) is 1. The summed E-state index contributed by atoms with van der Waals surface area (Å²) in [4.78, 5) is 26.5. The number of ether oxygens (including phenoxy) is 1. The van der Waals surface area contributed by atoms with Gasteiger partial charge in [-0.3, -0.25) is 4.79 Å². The Kier molecular flexibility index (Phi) is 4.19. The summed E-state index contributed by atoms with van der Waals surface area (Å²) < 4.78 is 43.4. The zero-order chi connectivity index (χ0) is 15.8. The molecule has 1 aliphatic heterocycles. The van der Waals surface area contributed by atoms with Gasteiger partial charge in [0.2, 0.25) is 0 Å². The number of halogens is 3. The van der Waals surface area contributed by atoms with Gasteiger partial charge in [-0.2, -0.15) is 13.2 Å². The van der Waals surface area contributed by atoms with E-state index in [0.717, 1.165) is 10.4 Å². The van der Waals surface area contributed by atoms with E-state index < -0.39 is 40.8 Å². The van der Waals surface area contributed by atoms with Crippen molar-refractivity contribution in [3.8, 4) is 0 Å². The zero-order valence-corrected chi connectivity index (χ0v) is 11.6. The Bertz CT molecular complexity index is 560. The van der Waals surface area contributed by atoms with Gasteiger partial charge in [0.25, 0.3) is 5.91 Å². The number of hydrogen-bond acceptors (Lipinski definition) is 5. The van der Waals surface area contributed by atoms with Crippen LogP contribution < -0.4 is 0 Å². The average molecular weight is 324 g/mol. The van der Waals surface area contributed by atoms with Crippen LogP contribution in [0.15, 0.2) is 5.51 Å². The minimum absolute atomic E-state index is 0.0113. The van der Waals surface area contributed by atoms with Gasteiger partial charge < -0.3 is 14.7 Å². The maximum Gasteiger partial charge on any atom is 0.427 e. The molecule has 10 heteroatoms. The predicted octanol–water partition coefficient (Wildman–Crippen LogP) is 1.48. The maximum atomic E-state index is 12.8. The highest BCUT2D eigenvalue weighted by Gasteiger charge is 2.41. The molecule has 0 aliphatic carbocycles. The fraction of sp³-hybridized carbons (Fsp3) is 0.545. The van der Waals surface area contributed by atoms with Crippen LogP contribution in [0.3, 0.4) is 0 Å². The second kappa shape index (κ2) is 5.60. The minimum atomic E-state index is -4.67. The number of alkyl halides is 3. The van der Waals surface area contributed by atoms with Gasteiger partial charge in [-0.25, -0.2) is 9.78 Å². The van der Waals surface area contributed by atoms with Gasteiger partial charge in [0.15, 0.2) is 11.8 Å². The standard InChI is InChI=1S/C11H11F3N2O4S/c1-5-2-16(3-6(20-5)10(18)19)9(17)7-8(11(12,13)14)21-4-15-7/h4-6H,2-3H2,1H3,(H,18,19)/t5-,6?/m1/s1. The first kappa shape index (κ1) is 15.7. The summed E-state index contributed by atoms with van der Waals surface area (Å²) in [7, 11) is 0. The first-order valence-electron chi connectivity index (χ1n) is 5.88. The molecule has 0 aromatic carbocycles. The summed E-state index contributed by atoms with van der Waals surface area (Å²) >= 11 is 0.326. The molecule has 1 N–H and O–H groups in total. The van der Waals surface area contributed by atoms with Crippen molar-refractivity contribution in [3.63, 3.8) is 0 Å². The summed E-state index contributed by atoms with van der Waals surface area (Å²) in [6.07, 6.45) is -6.52. The summed E-state index contributed by atoms with van der Waals surface area (Å²) in [6, 6.07) is 0. The van der Waals surface area contributed by atoms with Crippen LogP contribution in [-0.4, -0.2) is 52.2 Å². The van der Waals surface area contributed by atoms with Crippen molar-refractivity contribution in [3.05, 3.63) is 16.1 Å². The summed E-state index contributed by atoms with van der Waals surface area (Å²) in [5.74, 6) is -2.21. The number of aromatic nitrogens is 1. The van der Waals surface area contributed by atoms with Crippen molar-refractivity contribution in [1.29, 1.82) is 0 Å². The van der Waals surface area contributed by atoms with E-state index in [2.05, 4.69) is 4.98 Å². The highest BCUT2D eigenvalue weighted by molar-refractivity contribution is 7.10. The SMILES string of the molecule is C[C@@H]1CN(C(=O)c2ncsc2C(F)(F)F)CC(C(=O)O)O1. The van der Waals surface area contributed by atoms with Gasteiger partial charge in [0, 0.05) is 6.54 Å². The lowest BCUT2D eigenvalue weighted by atomic mass is 10.2. The molecular formula is C11H11F3N2O4S. The van der Waals surface area contributed by atoms with E-state index in [9.17, 15) is 22.8 Å². The number of nitrogens with zero attached hydrogens (tertiary/aromatic N) is 2. The number of amides is 1. The molecule has 6 nitrogen and oxygen atoms in total. The third kappa shape index (κ3) is 3.32. The number of carbonyl (C=O) groups is 2. The lowest BCUT2D eigenvalue weighted by Gasteiger charge is -2.34. The van der Waals surface area contributed by atoms with Crippen LogP contribution in [0.4, 0.5) is 13.2 Å². The van der Waals surface area contributed by atoms with Crippen LogP contribution in [0.2, 0.25) is 0 Å². The second-order valence-corrected chi connectivity index (χ2v) is 5.37. The van der Waals surface area contributed by atoms with E-state index in [1.54, 1.807) is 6.92 Å². The van der Waals surface area contributed by atoms with E-state index in [1.165, 1.54) is 0 Å². The van der Waals surface area contributed by atoms with E-state index in [0.29, 0.717) is 11.3 Å². The number of morpholine rings is 1. The Morgan fingerprint density at radius 2 is 2.14 bits per heavy atom. The van der Waals surface area contributed by atoms with Crippen molar-refractivity contribution in [1.82, 2.24) is 9.88 Å². The Labute approximate surface area is 121 Å². The molecule has 2 rings (SSSR count). The van der Waals surface area contributed by atoms with Crippen LogP contribution in [0, 0.1) is 0 Å². The molecule has 0 spiro atoms. The highest BCUT2D eigenvalue weighted by Crippen LogP contribution is 2.35. The molecular weight excluding hydrogens is 313 g/mol. The molecule has 0 saturated carbocycles. The molecule has 2 atom stereocenters. The molecule has 2 heterocycles. The molecule has 1 saturated heterocycles. The van der Waals surface area contributed by atoms with Crippen LogP contribution in [0.1, 0.15) is 22.3 Å². The van der Waals surface area contributed by atoms with Gasteiger partial charge in [-0.15, -0.1) is 11.3 Å². The van der Waals surface area contributed by atoms with Gasteiger partial charge in [-0.05, 0) is 6.92 Å². The predicted molar refractivity (Wildman–Crippen MR) is 65.0 cm³/mol. The largest absolute Gasteiger partial charge is 0.479 e. The molecule has 1 unspecified atom stereocenters. The quantitative estimate of drug-likeness (QED) is 0.891. The number of aliphatic carboxylic acids is 1. The van der Waals surface area contributed by atoms with Crippen molar-refractivity contribution in [2.24, 2.45) is 0 Å². The van der Waals surface area contributed by atoms with Crippen LogP contribution in [0.25, 0.3) is 0 Å². The third-order valence-corrected chi connectivity index (χ3v) is 3.72. The normalized spacial score (nSPS) is 23.1. The average Bonchev–Trinajstić information content (AvgIpc) is 2.86. The number of carbonyl (C=O) groups excluding carboxylic acids is 1. The monoisotopic (exact) mass is 324 g/mol. The van der Waals surface area contributed by atoms with Crippen molar-refractivity contribution >= 4 is 23.2 Å². The van der Waals surface area contributed by atoms with Gasteiger partial charge in [-0.1, -0.05) is 0 Å². The first-order chi connectivity index (χ1) is 9.70. The molecule has 0 radical (unpaired) electrons. The van der Waals surface area contributed by atoms with E-state index in [-0.39, 0.29) is 13.1 Å². The van der Waals surface area contributed by atoms with Crippen LogP contribution >= 0.6 is 11.3 Å². The fourth-order valence-electron chi connectivity index (χ4n) is 2.00. The Morgan fingerprint density at radius 3 is 2.71 bits per heavy atom. The Balaban J connectivity index is 2.24. The van der Waals surface area contributed by atoms with Gasteiger partial charge >= 0.3 is 12.1 Å². The summed E-state index contributed by atoms with van der Waals surface area (Å²) in [6.45, 7) is 1.24. The first-order valence-corrected chi connectivity index (χ1v) is 6.76. The Morgan fingerprint density at radius 1 is 1.48 bits per heavy atom. The summed E-state index contributed by atoms with van der Waals surface area (Å²) in [5.41, 5.74) is 0.236. The molecule has 1 fully saturated rings. The topological polar surface area (TPSA) is 79.7 Å². The fourth-order valence-corrected chi connectivity index (χ4v) is 2.65.